The van der Waals surface area contributed by atoms with Crippen LogP contribution in [0.15, 0.2) is 83.6 Å². The predicted octanol–water partition coefficient (Wildman–Crippen LogP) is 7.45. The molecule has 2 aromatic heterocycles. The van der Waals surface area contributed by atoms with Crippen LogP contribution in [-0.4, -0.2) is 0 Å². The van der Waals surface area contributed by atoms with E-state index in [1.165, 1.54) is 42.4 Å². The fraction of sp³-hybridized carbons (Fsp3) is 0. The van der Waals surface area contributed by atoms with Gasteiger partial charge in [0, 0.05) is 20.9 Å². The Balaban J connectivity index is 2.08. The van der Waals surface area contributed by atoms with Crippen LogP contribution >= 0.6 is 22.7 Å². The lowest BCUT2D eigenvalue weighted by Gasteiger charge is -2.16. The molecule has 2 heteroatoms. The molecule has 5 aromatic rings. The van der Waals surface area contributed by atoms with Gasteiger partial charge in [0.15, 0.2) is 0 Å². The maximum atomic E-state index is 2.26. The topological polar surface area (TPSA) is 0 Å². The molecule has 0 saturated carbocycles. The standard InChI is InChI=1S/C22H14S2/c1-3-9-17-15(7-1)16-8-2-4-10-18(16)22(20-12-6-14-24-20)21(17)19-11-5-13-23-19/h1-14H. The predicted molar refractivity (Wildman–Crippen MR) is 108 cm³/mol. The smallest absolute Gasteiger partial charge is 0.0355 e. The first-order valence-electron chi connectivity index (χ1n) is 7.95. The molecule has 0 aliphatic heterocycles. The summed E-state index contributed by atoms with van der Waals surface area (Å²) in [7, 11) is 0. The van der Waals surface area contributed by atoms with E-state index in [4.69, 9.17) is 0 Å². The fourth-order valence-corrected chi connectivity index (χ4v) is 5.08. The molecule has 5 rings (SSSR count). The van der Waals surface area contributed by atoms with Gasteiger partial charge in [-0.05, 0) is 44.4 Å². The normalized spacial score (nSPS) is 11.3. The summed E-state index contributed by atoms with van der Waals surface area (Å²) in [5.74, 6) is 0. The molecule has 0 spiro atoms. The highest BCUT2D eigenvalue weighted by Gasteiger charge is 2.17. The Morgan fingerprint density at radius 3 is 1.21 bits per heavy atom. The maximum absolute atomic E-state index is 2.26. The van der Waals surface area contributed by atoms with E-state index in [-0.39, 0.29) is 0 Å². The summed E-state index contributed by atoms with van der Waals surface area (Å²) in [6, 6.07) is 26.3. The molecule has 114 valence electrons. The molecule has 0 bridgehead atoms. The first kappa shape index (κ1) is 14.0. The van der Waals surface area contributed by atoms with Crippen LogP contribution in [0.1, 0.15) is 0 Å². The largest absolute Gasteiger partial charge is 0.144 e. The van der Waals surface area contributed by atoms with Gasteiger partial charge >= 0.3 is 0 Å². The molecule has 0 atom stereocenters. The SMILES string of the molecule is c1csc(-c2c(-c3cccs3)c3ccccc3c3ccccc23)c1. The summed E-state index contributed by atoms with van der Waals surface area (Å²) >= 11 is 3.63. The van der Waals surface area contributed by atoms with E-state index in [2.05, 4.69) is 83.6 Å². The van der Waals surface area contributed by atoms with E-state index >= 15 is 0 Å². The van der Waals surface area contributed by atoms with E-state index < -0.39 is 0 Å². The molecule has 0 unspecified atom stereocenters. The molecule has 0 N–H and O–H groups in total. The Kier molecular flexibility index (Phi) is 3.25. The molecular weight excluding hydrogens is 328 g/mol. The van der Waals surface area contributed by atoms with Gasteiger partial charge in [0.05, 0.1) is 0 Å². The van der Waals surface area contributed by atoms with Crippen LogP contribution in [0.2, 0.25) is 0 Å². The van der Waals surface area contributed by atoms with Crippen molar-refractivity contribution in [2.45, 2.75) is 0 Å². The van der Waals surface area contributed by atoms with Crippen LogP contribution in [0.4, 0.5) is 0 Å². The summed E-state index contributed by atoms with van der Waals surface area (Å²) in [5, 5.41) is 9.66. The quantitative estimate of drug-likeness (QED) is 0.292. The van der Waals surface area contributed by atoms with Gasteiger partial charge in [0.25, 0.3) is 0 Å². The van der Waals surface area contributed by atoms with Crippen molar-refractivity contribution in [3.63, 3.8) is 0 Å². The Morgan fingerprint density at radius 2 is 0.833 bits per heavy atom. The van der Waals surface area contributed by atoms with Crippen molar-refractivity contribution in [1.82, 2.24) is 0 Å². The zero-order valence-corrected chi connectivity index (χ0v) is 14.5. The van der Waals surface area contributed by atoms with E-state index in [9.17, 15) is 0 Å². The first-order valence-corrected chi connectivity index (χ1v) is 9.70. The zero-order valence-electron chi connectivity index (χ0n) is 12.9. The molecular formula is C22H14S2. The van der Waals surface area contributed by atoms with E-state index in [0.717, 1.165) is 0 Å². The van der Waals surface area contributed by atoms with Crippen LogP contribution in [0.5, 0.6) is 0 Å². The van der Waals surface area contributed by atoms with Crippen LogP contribution in [0.3, 0.4) is 0 Å². The molecule has 3 aromatic carbocycles. The number of hydrogen-bond acceptors (Lipinski definition) is 2. The molecule has 0 aliphatic rings. The average molecular weight is 342 g/mol. The highest BCUT2D eigenvalue weighted by Crippen LogP contribution is 2.46. The molecule has 0 saturated heterocycles. The second-order valence-electron chi connectivity index (χ2n) is 5.80. The number of thiophene rings is 2. The summed E-state index contributed by atoms with van der Waals surface area (Å²) < 4.78 is 0. The summed E-state index contributed by atoms with van der Waals surface area (Å²) in [6.45, 7) is 0. The van der Waals surface area contributed by atoms with Crippen molar-refractivity contribution < 1.29 is 0 Å². The minimum Gasteiger partial charge on any atom is -0.144 e. The maximum Gasteiger partial charge on any atom is 0.0355 e. The van der Waals surface area contributed by atoms with Gasteiger partial charge in [0.2, 0.25) is 0 Å². The van der Waals surface area contributed by atoms with Gasteiger partial charge in [-0.25, -0.2) is 0 Å². The van der Waals surface area contributed by atoms with Crippen LogP contribution < -0.4 is 0 Å². The van der Waals surface area contributed by atoms with Crippen LogP contribution in [0, 0.1) is 0 Å². The summed E-state index contributed by atoms with van der Waals surface area (Å²) in [5.41, 5.74) is 2.73. The molecule has 0 fully saturated rings. The van der Waals surface area contributed by atoms with E-state index in [1.807, 2.05) is 22.7 Å². The Hall–Kier alpha value is -2.42. The Bertz CT molecular complexity index is 1040. The third kappa shape index (κ3) is 2.04. The van der Waals surface area contributed by atoms with Gasteiger partial charge in [0.1, 0.15) is 0 Å². The lowest BCUT2D eigenvalue weighted by Crippen LogP contribution is -1.88. The Morgan fingerprint density at radius 1 is 0.417 bits per heavy atom. The van der Waals surface area contributed by atoms with Gasteiger partial charge in [-0.3, -0.25) is 0 Å². The minimum absolute atomic E-state index is 1.33. The number of fused-ring (bicyclic) bond motifs is 3. The van der Waals surface area contributed by atoms with Crippen LogP contribution in [-0.2, 0) is 0 Å². The number of benzene rings is 3. The monoisotopic (exact) mass is 342 g/mol. The zero-order chi connectivity index (χ0) is 15.9. The molecule has 2 heterocycles. The van der Waals surface area contributed by atoms with Crippen molar-refractivity contribution >= 4 is 44.2 Å². The second kappa shape index (κ2) is 5.59. The highest BCUT2D eigenvalue weighted by molar-refractivity contribution is 7.14. The summed E-state index contributed by atoms with van der Waals surface area (Å²) in [6.07, 6.45) is 0. The van der Waals surface area contributed by atoms with Crippen molar-refractivity contribution in [3.05, 3.63) is 83.6 Å². The van der Waals surface area contributed by atoms with Gasteiger partial charge in [-0.1, -0.05) is 60.7 Å². The van der Waals surface area contributed by atoms with Crippen LogP contribution in [0.25, 0.3) is 42.4 Å². The molecule has 0 radical (unpaired) electrons. The lowest BCUT2D eigenvalue weighted by molar-refractivity contribution is 1.74. The summed E-state index contributed by atoms with van der Waals surface area (Å²) in [4.78, 5) is 2.67. The third-order valence-electron chi connectivity index (χ3n) is 4.47. The van der Waals surface area contributed by atoms with Gasteiger partial charge in [-0.15, -0.1) is 22.7 Å². The van der Waals surface area contributed by atoms with E-state index in [0.29, 0.717) is 0 Å². The van der Waals surface area contributed by atoms with Crippen molar-refractivity contribution in [3.8, 4) is 20.9 Å². The fourth-order valence-electron chi connectivity index (χ4n) is 3.49. The molecule has 0 aliphatic carbocycles. The minimum atomic E-state index is 1.33. The first-order chi connectivity index (χ1) is 11.9. The van der Waals surface area contributed by atoms with Crippen molar-refractivity contribution in [2.24, 2.45) is 0 Å². The van der Waals surface area contributed by atoms with Crippen molar-refractivity contribution in [1.29, 1.82) is 0 Å². The molecule has 0 nitrogen and oxygen atoms in total. The third-order valence-corrected chi connectivity index (χ3v) is 6.24. The van der Waals surface area contributed by atoms with Crippen molar-refractivity contribution in [2.75, 3.05) is 0 Å². The van der Waals surface area contributed by atoms with Gasteiger partial charge in [-0.2, -0.15) is 0 Å². The molecule has 0 amide bonds. The number of rotatable bonds is 2. The van der Waals surface area contributed by atoms with Gasteiger partial charge < -0.3 is 0 Å². The lowest BCUT2D eigenvalue weighted by atomic mass is 9.90. The Labute approximate surface area is 148 Å². The highest BCUT2D eigenvalue weighted by atomic mass is 32.1. The number of hydrogen-bond donors (Lipinski definition) is 0. The average Bonchev–Trinajstić information content (AvgIpc) is 3.34. The van der Waals surface area contributed by atoms with E-state index in [1.54, 1.807) is 0 Å². The second-order valence-corrected chi connectivity index (χ2v) is 7.69. The molecule has 24 heavy (non-hydrogen) atoms.